The minimum absolute atomic E-state index is 0.151. The Morgan fingerprint density at radius 2 is 1.89 bits per heavy atom. The lowest BCUT2D eigenvalue weighted by molar-refractivity contribution is 0.138. The van der Waals surface area contributed by atoms with Crippen molar-refractivity contribution in [2.75, 3.05) is 0 Å². The van der Waals surface area contributed by atoms with Crippen molar-refractivity contribution in [2.24, 2.45) is 30.0 Å². The smallest absolute Gasteiger partial charge is 0.0550 e. The summed E-state index contributed by atoms with van der Waals surface area (Å²) in [5.41, 5.74) is 8.03. The Labute approximate surface area is 111 Å². The van der Waals surface area contributed by atoms with E-state index >= 15 is 0 Å². The van der Waals surface area contributed by atoms with Gasteiger partial charge in [-0.15, -0.1) is 0 Å². The van der Waals surface area contributed by atoms with Crippen molar-refractivity contribution >= 4 is 0 Å². The highest BCUT2D eigenvalue weighted by Gasteiger charge is 2.32. The molecule has 1 heterocycles. The van der Waals surface area contributed by atoms with E-state index in [0.29, 0.717) is 11.3 Å². The lowest BCUT2D eigenvalue weighted by Crippen LogP contribution is -2.31. The molecule has 18 heavy (non-hydrogen) atoms. The van der Waals surface area contributed by atoms with E-state index in [4.69, 9.17) is 5.73 Å². The molecule has 0 amide bonds. The minimum atomic E-state index is 0.151. The first-order valence-electron chi connectivity index (χ1n) is 7.13. The summed E-state index contributed by atoms with van der Waals surface area (Å²) in [7, 11) is 1.98. The third-order valence-electron chi connectivity index (χ3n) is 4.70. The maximum Gasteiger partial charge on any atom is 0.0550 e. The lowest BCUT2D eigenvalue weighted by Gasteiger charge is -2.38. The molecular formula is C15H27N3. The molecule has 1 saturated carbocycles. The Morgan fingerprint density at radius 3 is 2.33 bits per heavy atom. The Balaban J connectivity index is 1.96. The topological polar surface area (TPSA) is 43.8 Å². The molecule has 1 aliphatic carbocycles. The van der Waals surface area contributed by atoms with Gasteiger partial charge in [-0.1, -0.05) is 20.8 Å². The summed E-state index contributed by atoms with van der Waals surface area (Å²) in [5.74, 6) is 1.48. The SMILES string of the molecule is Cn1nccc1C(N)C1CCC(C(C)(C)C)CC1. The molecule has 2 rings (SSSR count). The number of aromatic nitrogens is 2. The van der Waals surface area contributed by atoms with Crippen LogP contribution < -0.4 is 5.73 Å². The predicted octanol–water partition coefficient (Wildman–Crippen LogP) is 3.27. The van der Waals surface area contributed by atoms with Crippen LogP contribution in [0.25, 0.3) is 0 Å². The Hall–Kier alpha value is -0.830. The predicted molar refractivity (Wildman–Crippen MR) is 75.0 cm³/mol. The number of hydrogen-bond acceptors (Lipinski definition) is 2. The normalized spacial score (nSPS) is 27.2. The number of aryl methyl sites for hydroxylation is 1. The Kier molecular flexibility index (Phi) is 3.81. The average molecular weight is 249 g/mol. The summed E-state index contributed by atoms with van der Waals surface area (Å²) in [6.45, 7) is 7.08. The van der Waals surface area contributed by atoms with Gasteiger partial charge in [0.1, 0.15) is 0 Å². The molecule has 0 radical (unpaired) electrons. The quantitative estimate of drug-likeness (QED) is 0.874. The minimum Gasteiger partial charge on any atom is -0.322 e. The second kappa shape index (κ2) is 5.04. The molecule has 0 saturated heterocycles. The molecule has 2 N–H and O–H groups in total. The van der Waals surface area contributed by atoms with E-state index in [0.717, 1.165) is 5.92 Å². The van der Waals surface area contributed by atoms with Crippen molar-refractivity contribution in [2.45, 2.75) is 52.5 Å². The Bertz CT molecular complexity index is 381. The van der Waals surface area contributed by atoms with Crippen molar-refractivity contribution in [3.05, 3.63) is 18.0 Å². The largest absolute Gasteiger partial charge is 0.322 e. The van der Waals surface area contributed by atoms with Crippen LogP contribution in [-0.2, 0) is 7.05 Å². The van der Waals surface area contributed by atoms with Crippen LogP contribution in [0.5, 0.6) is 0 Å². The molecule has 0 aromatic carbocycles. The molecule has 0 bridgehead atoms. The zero-order chi connectivity index (χ0) is 13.3. The third-order valence-corrected chi connectivity index (χ3v) is 4.70. The summed E-state index contributed by atoms with van der Waals surface area (Å²) in [6.07, 6.45) is 7.00. The van der Waals surface area contributed by atoms with Crippen LogP contribution in [0.15, 0.2) is 12.3 Å². The van der Waals surface area contributed by atoms with Crippen molar-refractivity contribution < 1.29 is 0 Å². The van der Waals surface area contributed by atoms with Crippen LogP contribution in [0, 0.1) is 17.3 Å². The summed E-state index contributed by atoms with van der Waals surface area (Å²) in [4.78, 5) is 0. The summed E-state index contributed by atoms with van der Waals surface area (Å²) >= 11 is 0. The van der Waals surface area contributed by atoms with E-state index in [1.165, 1.54) is 31.4 Å². The molecule has 0 aliphatic heterocycles. The highest BCUT2D eigenvalue weighted by Crippen LogP contribution is 2.42. The highest BCUT2D eigenvalue weighted by atomic mass is 15.3. The molecule has 3 heteroatoms. The molecule has 1 unspecified atom stereocenters. The molecule has 1 fully saturated rings. The number of nitrogens with two attached hydrogens (primary N) is 1. The van der Waals surface area contributed by atoms with Crippen LogP contribution >= 0.6 is 0 Å². The van der Waals surface area contributed by atoms with E-state index in [2.05, 4.69) is 31.9 Å². The van der Waals surface area contributed by atoms with E-state index in [1.807, 2.05) is 17.9 Å². The molecular weight excluding hydrogens is 222 g/mol. The fourth-order valence-corrected chi connectivity index (χ4v) is 3.30. The second-order valence-electron chi connectivity index (χ2n) is 6.88. The molecule has 1 atom stereocenters. The van der Waals surface area contributed by atoms with Crippen LogP contribution in [-0.4, -0.2) is 9.78 Å². The van der Waals surface area contributed by atoms with E-state index in [9.17, 15) is 0 Å². The number of nitrogens with zero attached hydrogens (tertiary/aromatic N) is 2. The van der Waals surface area contributed by atoms with Crippen LogP contribution in [0.4, 0.5) is 0 Å². The van der Waals surface area contributed by atoms with Crippen molar-refractivity contribution in [3.8, 4) is 0 Å². The summed E-state index contributed by atoms with van der Waals surface area (Å²) < 4.78 is 1.92. The fraction of sp³-hybridized carbons (Fsp3) is 0.800. The number of rotatable bonds is 2. The Morgan fingerprint density at radius 1 is 1.28 bits per heavy atom. The molecule has 1 aliphatic rings. The number of hydrogen-bond donors (Lipinski definition) is 1. The van der Waals surface area contributed by atoms with Gasteiger partial charge in [-0.25, -0.2) is 0 Å². The van der Waals surface area contributed by atoms with Gasteiger partial charge in [-0.2, -0.15) is 5.10 Å². The standard InChI is InChI=1S/C15H27N3/c1-15(2,3)12-7-5-11(6-8-12)14(16)13-9-10-17-18(13)4/h9-12,14H,5-8,16H2,1-4H3. The van der Waals surface area contributed by atoms with Gasteiger partial charge in [0.25, 0.3) is 0 Å². The lowest BCUT2D eigenvalue weighted by atomic mass is 9.68. The maximum absolute atomic E-state index is 6.41. The molecule has 1 aromatic rings. The third kappa shape index (κ3) is 2.77. The van der Waals surface area contributed by atoms with E-state index < -0.39 is 0 Å². The molecule has 102 valence electrons. The van der Waals surface area contributed by atoms with Gasteiger partial charge >= 0.3 is 0 Å². The van der Waals surface area contributed by atoms with Gasteiger partial charge < -0.3 is 5.73 Å². The fourth-order valence-electron chi connectivity index (χ4n) is 3.30. The first-order valence-corrected chi connectivity index (χ1v) is 7.13. The molecule has 3 nitrogen and oxygen atoms in total. The summed E-state index contributed by atoms with van der Waals surface area (Å²) in [6, 6.07) is 2.21. The van der Waals surface area contributed by atoms with Gasteiger partial charge in [0.15, 0.2) is 0 Å². The monoisotopic (exact) mass is 249 g/mol. The molecule has 1 aromatic heterocycles. The zero-order valence-corrected chi connectivity index (χ0v) is 12.2. The maximum atomic E-state index is 6.41. The first kappa shape index (κ1) is 13.6. The van der Waals surface area contributed by atoms with Gasteiger partial charge in [-0.3, -0.25) is 4.68 Å². The van der Waals surface area contributed by atoms with E-state index in [-0.39, 0.29) is 6.04 Å². The van der Waals surface area contributed by atoms with Crippen LogP contribution in [0.3, 0.4) is 0 Å². The van der Waals surface area contributed by atoms with Gasteiger partial charge in [-0.05, 0) is 49.0 Å². The first-order chi connectivity index (χ1) is 8.39. The summed E-state index contributed by atoms with van der Waals surface area (Å²) in [5, 5.41) is 4.22. The van der Waals surface area contributed by atoms with Gasteiger partial charge in [0.05, 0.1) is 5.69 Å². The average Bonchev–Trinajstić information content (AvgIpc) is 2.73. The zero-order valence-electron chi connectivity index (χ0n) is 12.2. The van der Waals surface area contributed by atoms with Crippen molar-refractivity contribution in [1.82, 2.24) is 9.78 Å². The molecule has 0 spiro atoms. The highest BCUT2D eigenvalue weighted by molar-refractivity contribution is 5.07. The van der Waals surface area contributed by atoms with Crippen LogP contribution in [0.1, 0.15) is 58.2 Å². The van der Waals surface area contributed by atoms with Crippen LogP contribution in [0.2, 0.25) is 0 Å². The van der Waals surface area contributed by atoms with E-state index in [1.54, 1.807) is 0 Å². The van der Waals surface area contributed by atoms with Crippen molar-refractivity contribution in [1.29, 1.82) is 0 Å². The second-order valence-corrected chi connectivity index (χ2v) is 6.88. The van der Waals surface area contributed by atoms with Crippen molar-refractivity contribution in [3.63, 3.8) is 0 Å². The van der Waals surface area contributed by atoms with Gasteiger partial charge in [0.2, 0.25) is 0 Å². The van der Waals surface area contributed by atoms with Gasteiger partial charge in [0, 0.05) is 19.3 Å².